The van der Waals surface area contributed by atoms with Crippen molar-refractivity contribution in [2.24, 2.45) is 0 Å². The summed E-state index contributed by atoms with van der Waals surface area (Å²) in [4.78, 5) is 24.3. The van der Waals surface area contributed by atoms with Crippen molar-refractivity contribution < 1.29 is 19.4 Å². The molecule has 1 amide bonds. The highest BCUT2D eigenvalue weighted by atomic mass is 16.5. The van der Waals surface area contributed by atoms with Crippen LogP contribution in [-0.4, -0.2) is 22.5 Å². The highest BCUT2D eigenvalue weighted by Gasteiger charge is 2.30. The van der Waals surface area contributed by atoms with Crippen molar-refractivity contribution in [3.05, 3.63) is 77.4 Å². The number of nitrogens with one attached hydrogen (secondary N) is 1. The molecule has 3 aromatic rings. The molecule has 0 aliphatic rings. The number of carbonyl (C=O) groups is 2. The van der Waals surface area contributed by atoms with E-state index >= 15 is 0 Å². The Morgan fingerprint density at radius 3 is 2.28 bits per heavy atom. The highest BCUT2D eigenvalue weighted by molar-refractivity contribution is 6.05. The van der Waals surface area contributed by atoms with E-state index in [-0.39, 0.29) is 0 Å². The molecule has 150 valence electrons. The number of carboxylic acid groups (broad SMARTS) is 1. The summed E-state index contributed by atoms with van der Waals surface area (Å²) in [7, 11) is 0. The molecule has 0 fully saturated rings. The van der Waals surface area contributed by atoms with Gasteiger partial charge in [-0.25, -0.2) is 4.79 Å². The van der Waals surface area contributed by atoms with E-state index in [4.69, 9.17) is 4.74 Å². The molecular weight excluding hydrogens is 366 g/mol. The van der Waals surface area contributed by atoms with Crippen molar-refractivity contribution >= 4 is 22.6 Å². The van der Waals surface area contributed by atoms with Crippen LogP contribution in [0.15, 0.2) is 60.7 Å². The maximum Gasteiger partial charge on any atom is 0.328 e. The molecule has 0 saturated heterocycles. The molecule has 3 aromatic carbocycles. The minimum Gasteiger partial charge on any atom is -0.487 e. The smallest absolute Gasteiger partial charge is 0.328 e. The van der Waals surface area contributed by atoms with Crippen LogP contribution >= 0.6 is 0 Å². The predicted octanol–water partition coefficient (Wildman–Crippen LogP) is 4.57. The predicted molar refractivity (Wildman–Crippen MR) is 113 cm³/mol. The molecule has 0 aromatic heterocycles. The molecular formula is C24H25NO4. The number of hydrogen-bond acceptors (Lipinski definition) is 3. The van der Waals surface area contributed by atoms with Gasteiger partial charge in [0.25, 0.3) is 5.91 Å². The quantitative estimate of drug-likeness (QED) is 0.618. The Balaban J connectivity index is 1.95. The first kappa shape index (κ1) is 20.4. The average molecular weight is 391 g/mol. The van der Waals surface area contributed by atoms with Gasteiger partial charge in [-0.3, -0.25) is 4.79 Å². The van der Waals surface area contributed by atoms with Gasteiger partial charge in [0.15, 0.2) is 0 Å². The van der Waals surface area contributed by atoms with Crippen LogP contribution in [0.1, 0.15) is 42.3 Å². The molecule has 5 nitrogen and oxygen atoms in total. The van der Waals surface area contributed by atoms with Gasteiger partial charge in [0.1, 0.15) is 17.9 Å². The first-order chi connectivity index (χ1) is 13.8. The second-order valence-corrected chi connectivity index (χ2v) is 7.51. The number of carbonyl (C=O) groups excluding carboxylic acids is 1. The third kappa shape index (κ3) is 4.57. The Kier molecular flexibility index (Phi) is 5.87. The molecule has 0 saturated carbocycles. The molecule has 0 aliphatic carbocycles. The Hall–Kier alpha value is -3.34. The van der Waals surface area contributed by atoms with Crippen LogP contribution in [0, 0.1) is 0 Å². The Labute approximate surface area is 170 Å². The molecule has 0 aliphatic heterocycles. The molecule has 0 unspecified atom stereocenters. The molecule has 0 heterocycles. The first-order valence-electron chi connectivity index (χ1n) is 9.60. The molecule has 2 N–H and O–H groups in total. The van der Waals surface area contributed by atoms with Crippen molar-refractivity contribution in [2.75, 3.05) is 0 Å². The monoisotopic (exact) mass is 391 g/mol. The van der Waals surface area contributed by atoms with E-state index in [0.717, 1.165) is 22.8 Å². The normalized spacial score (nSPS) is 11.3. The third-order valence-corrected chi connectivity index (χ3v) is 4.90. The van der Waals surface area contributed by atoms with Gasteiger partial charge >= 0.3 is 5.97 Å². The zero-order valence-electron chi connectivity index (χ0n) is 16.9. The van der Waals surface area contributed by atoms with Gasteiger partial charge in [-0.1, -0.05) is 61.5 Å². The minimum absolute atomic E-state index is 0.306. The van der Waals surface area contributed by atoms with Crippen molar-refractivity contribution in [3.8, 4) is 5.75 Å². The fraction of sp³-hybridized carbons (Fsp3) is 0.250. The summed E-state index contributed by atoms with van der Waals surface area (Å²) < 4.78 is 6.10. The molecule has 0 radical (unpaired) electrons. The fourth-order valence-corrected chi connectivity index (χ4v) is 3.01. The lowest BCUT2D eigenvalue weighted by Crippen LogP contribution is -2.49. The zero-order valence-corrected chi connectivity index (χ0v) is 16.9. The number of carboxylic acids is 1. The topological polar surface area (TPSA) is 75.6 Å². The molecule has 0 spiro atoms. The van der Waals surface area contributed by atoms with Crippen molar-refractivity contribution in [3.63, 3.8) is 0 Å². The number of ether oxygens (including phenoxy) is 1. The molecule has 5 heteroatoms. The van der Waals surface area contributed by atoms with E-state index in [1.165, 1.54) is 19.4 Å². The van der Waals surface area contributed by atoms with Gasteiger partial charge in [0.05, 0.1) is 5.56 Å². The second-order valence-electron chi connectivity index (χ2n) is 7.51. The van der Waals surface area contributed by atoms with E-state index in [1.54, 1.807) is 6.07 Å². The lowest BCUT2D eigenvalue weighted by atomic mass is 10.0. The Morgan fingerprint density at radius 1 is 0.966 bits per heavy atom. The zero-order chi connectivity index (χ0) is 21.0. The summed E-state index contributed by atoms with van der Waals surface area (Å²) >= 11 is 0. The Morgan fingerprint density at radius 2 is 1.62 bits per heavy atom. The van der Waals surface area contributed by atoms with Crippen LogP contribution in [0.2, 0.25) is 0 Å². The number of fused-ring (bicyclic) bond motifs is 1. The van der Waals surface area contributed by atoms with E-state index in [2.05, 4.69) is 24.4 Å². The lowest BCUT2D eigenvalue weighted by molar-refractivity contribution is -0.143. The van der Waals surface area contributed by atoms with Gasteiger partial charge < -0.3 is 15.2 Å². The van der Waals surface area contributed by atoms with Crippen molar-refractivity contribution in [2.45, 2.75) is 39.3 Å². The fourth-order valence-electron chi connectivity index (χ4n) is 3.01. The van der Waals surface area contributed by atoms with Crippen LogP contribution in [0.4, 0.5) is 0 Å². The van der Waals surface area contributed by atoms with Crippen LogP contribution in [-0.2, 0) is 17.8 Å². The highest BCUT2D eigenvalue weighted by Crippen LogP contribution is 2.31. The number of benzene rings is 3. The summed E-state index contributed by atoms with van der Waals surface area (Å²) in [5, 5.41) is 13.6. The second kappa shape index (κ2) is 8.35. The summed E-state index contributed by atoms with van der Waals surface area (Å²) in [6.45, 7) is 5.31. The SMILES string of the molecule is CCc1ccc(COc2c(C(=O)NC(C)(C)C(=O)O)ccc3ccccc23)cc1. The summed E-state index contributed by atoms with van der Waals surface area (Å²) in [5.74, 6) is -1.15. The van der Waals surface area contributed by atoms with Gasteiger partial charge in [-0.15, -0.1) is 0 Å². The van der Waals surface area contributed by atoms with E-state index < -0.39 is 17.4 Å². The minimum atomic E-state index is -1.39. The maximum absolute atomic E-state index is 12.9. The average Bonchev–Trinajstić information content (AvgIpc) is 2.71. The summed E-state index contributed by atoms with van der Waals surface area (Å²) in [5.41, 5.74) is 1.15. The number of hydrogen-bond donors (Lipinski definition) is 2. The van der Waals surface area contributed by atoms with Crippen molar-refractivity contribution in [1.29, 1.82) is 0 Å². The van der Waals surface area contributed by atoms with Crippen molar-refractivity contribution in [1.82, 2.24) is 5.32 Å². The summed E-state index contributed by atoms with van der Waals surface area (Å²) in [6.07, 6.45) is 0.966. The maximum atomic E-state index is 12.9. The van der Waals surface area contributed by atoms with E-state index in [0.29, 0.717) is 17.9 Å². The van der Waals surface area contributed by atoms with Gasteiger partial charge in [-0.05, 0) is 42.8 Å². The van der Waals surface area contributed by atoms with Crippen LogP contribution < -0.4 is 10.1 Å². The number of amides is 1. The molecule has 0 bridgehead atoms. The number of aryl methyl sites for hydroxylation is 1. The van der Waals surface area contributed by atoms with Gasteiger partial charge in [-0.2, -0.15) is 0 Å². The van der Waals surface area contributed by atoms with E-state index in [1.807, 2.05) is 42.5 Å². The standard InChI is InChI=1S/C24H25NO4/c1-4-16-9-11-17(12-10-16)15-29-21-19-8-6-5-7-18(19)13-14-20(21)22(26)25-24(2,3)23(27)28/h5-14H,4,15H2,1-3H3,(H,25,26)(H,27,28). The third-order valence-electron chi connectivity index (χ3n) is 4.90. The number of rotatable bonds is 7. The van der Waals surface area contributed by atoms with Gasteiger partial charge in [0.2, 0.25) is 0 Å². The number of aliphatic carboxylic acids is 1. The molecule has 0 atom stereocenters. The van der Waals surface area contributed by atoms with Crippen LogP contribution in [0.25, 0.3) is 10.8 Å². The first-order valence-corrected chi connectivity index (χ1v) is 9.60. The van der Waals surface area contributed by atoms with Crippen LogP contribution in [0.5, 0.6) is 5.75 Å². The summed E-state index contributed by atoms with van der Waals surface area (Å²) in [6, 6.07) is 19.3. The van der Waals surface area contributed by atoms with E-state index in [9.17, 15) is 14.7 Å². The lowest BCUT2D eigenvalue weighted by Gasteiger charge is -2.22. The van der Waals surface area contributed by atoms with Gasteiger partial charge in [0, 0.05) is 5.39 Å². The molecule has 29 heavy (non-hydrogen) atoms. The molecule has 3 rings (SSSR count). The Bertz CT molecular complexity index is 1040. The largest absolute Gasteiger partial charge is 0.487 e. The van der Waals surface area contributed by atoms with Crippen LogP contribution in [0.3, 0.4) is 0 Å².